The normalized spacial score (nSPS) is 10.9. The molecule has 0 heterocycles. The molecular weight excluding hydrogens is 199 g/mol. The number of hydrogen-bond acceptors (Lipinski definition) is 0. The average molecular weight is 209 g/mol. The molecule has 0 N–H and O–H groups in total. The highest BCUT2D eigenvalue weighted by Gasteiger charge is 2.07. The fourth-order valence-electron chi connectivity index (χ4n) is 1.55. The van der Waals surface area contributed by atoms with Gasteiger partial charge >= 0.3 is 0 Å². The molecule has 2 aromatic carbocycles. The van der Waals surface area contributed by atoms with Gasteiger partial charge in [0.05, 0.1) is 5.02 Å². The molecule has 2 aromatic rings. The smallest absolute Gasteiger partial charge is 0.128 e. The van der Waals surface area contributed by atoms with Gasteiger partial charge in [0.1, 0.15) is 5.82 Å². The van der Waals surface area contributed by atoms with Gasteiger partial charge in [-0.05, 0) is 25.3 Å². The van der Waals surface area contributed by atoms with E-state index in [1.165, 1.54) is 6.07 Å². The summed E-state index contributed by atoms with van der Waals surface area (Å²) in [7, 11) is 0. The van der Waals surface area contributed by atoms with E-state index in [9.17, 15) is 4.39 Å². The van der Waals surface area contributed by atoms with Gasteiger partial charge in [-0.2, -0.15) is 0 Å². The third-order valence-corrected chi connectivity index (χ3v) is 2.90. The van der Waals surface area contributed by atoms with Gasteiger partial charge in [-0.1, -0.05) is 35.4 Å². The molecule has 0 amide bonds. The molecule has 0 nitrogen and oxygen atoms in total. The molecule has 0 fully saturated rings. The van der Waals surface area contributed by atoms with Crippen molar-refractivity contribution in [2.45, 2.75) is 13.8 Å². The fraction of sp³-hybridized carbons (Fsp3) is 0.167. The van der Waals surface area contributed by atoms with Crippen molar-refractivity contribution in [2.75, 3.05) is 0 Å². The molecule has 0 aliphatic heterocycles. The Morgan fingerprint density at radius 1 is 1.14 bits per heavy atom. The molecule has 72 valence electrons. The van der Waals surface area contributed by atoms with Crippen molar-refractivity contribution in [3.05, 3.63) is 46.2 Å². The SMILES string of the molecule is Cc1ccc2c(Cl)c(C)c(F)cc2c1. The zero-order valence-electron chi connectivity index (χ0n) is 8.07. The van der Waals surface area contributed by atoms with Crippen LogP contribution in [0.3, 0.4) is 0 Å². The number of fused-ring (bicyclic) bond motifs is 1. The van der Waals surface area contributed by atoms with E-state index in [1.54, 1.807) is 6.92 Å². The van der Waals surface area contributed by atoms with Crippen LogP contribution in [0.5, 0.6) is 0 Å². The van der Waals surface area contributed by atoms with Crippen LogP contribution in [0.25, 0.3) is 10.8 Å². The van der Waals surface area contributed by atoms with Gasteiger partial charge in [-0.15, -0.1) is 0 Å². The van der Waals surface area contributed by atoms with Crippen LogP contribution in [0.1, 0.15) is 11.1 Å². The van der Waals surface area contributed by atoms with Crippen molar-refractivity contribution < 1.29 is 4.39 Å². The Balaban J connectivity index is 2.91. The van der Waals surface area contributed by atoms with Crippen molar-refractivity contribution in [1.82, 2.24) is 0 Å². The zero-order chi connectivity index (χ0) is 10.3. The van der Waals surface area contributed by atoms with Crippen LogP contribution in [0, 0.1) is 19.7 Å². The number of hydrogen-bond donors (Lipinski definition) is 0. The molecule has 2 heteroatoms. The molecule has 0 saturated heterocycles. The summed E-state index contributed by atoms with van der Waals surface area (Å²) in [4.78, 5) is 0. The predicted molar refractivity (Wildman–Crippen MR) is 58.4 cm³/mol. The Labute approximate surface area is 87.3 Å². The van der Waals surface area contributed by atoms with Crippen molar-refractivity contribution in [2.24, 2.45) is 0 Å². The molecule has 0 radical (unpaired) electrons. The van der Waals surface area contributed by atoms with E-state index >= 15 is 0 Å². The summed E-state index contributed by atoms with van der Waals surface area (Å²) in [6.45, 7) is 3.67. The van der Waals surface area contributed by atoms with Crippen LogP contribution in [0.4, 0.5) is 4.39 Å². The Bertz CT molecular complexity index is 503. The Hall–Kier alpha value is -1.08. The van der Waals surface area contributed by atoms with Gasteiger partial charge < -0.3 is 0 Å². The summed E-state index contributed by atoms with van der Waals surface area (Å²) in [5.74, 6) is -0.242. The van der Waals surface area contributed by atoms with Crippen LogP contribution >= 0.6 is 11.6 Å². The zero-order valence-corrected chi connectivity index (χ0v) is 8.82. The van der Waals surface area contributed by atoms with E-state index in [4.69, 9.17) is 11.6 Å². The van der Waals surface area contributed by atoms with Crippen molar-refractivity contribution >= 4 is 22.4 Å². The lowest BCUT2D eigenvalue weighted by atomic mass is 10.0. The lowest BCUT2D eigenvalue weighted by Crippen LogP contribution is -1.86. The molecule has 14 heavy (non-hydrogen) atoms. The van der Waals surface area contributed by atoms with Crippen molar-refractivity contribution in [3.8, 4) is 0 Å². The molecule has 0 unspecified atom stereocenters. The number of rotatable bonds is 0. The van der Waals surface area contributed by atoms with Crippen LogP contribution in [0.15, 0.2) is 24.3 Å². The highest BCUT2D eigenvalue weighted by Crippen LogP contribution is 2.29. The maximum absolute atomic E-state index is 13.4. The highest BCUT2D eigenvalue weighted by molar-refractivity contribution is 6.36. The standard InChI is InChI=1S/C12H10ClF/c1-7-3-4-10-9(5-7)6-11(14)8(2)12(10)13/h3-6H,1-2H3. The molecule has 0 aromatic heterocycles. The summed E-state index contributed by atoms with van der Waals surface area (Å²) in [6, 6.07) is 7.37. The number of aryl methyl sites for hydroxylation is 1. The topological polar surface area (TPSA) is 0 Å². The molecular formula is C12H10ClF. The van der Waals surface area contributed by atoms with E-state index in [0.717, 1.165) is 16.3 Å². The summed E-state index contributed by atoms with van der Waals surface area (Å²) in [5, 5.41) is 2.29. The van der Waals surface area contributed by atoms with Gasteiger partial charge in [0, 0.05) is 10.9 Å². The quantitative estimate of drug-likeness (QED) is 0.607. The lowest BCUT2D eigenvalue weighted by Gasteiger charge is -2.06. The molecule has 0 bridgehead atoms. The monoisotopic (exact) mass is 208 g/mol. The van der Waals surface area contributed by atoms with Gasteiger partial charge in [-0.3, -0.25) is 0 Å². The van der Waals surface area contributed by atoms with E-state index in [1.807, 2.05) is 25.1 Å². The van der Waals surface area contributed by atoms with E-state index in [-0.39, 0.29) is 5.82 Å². The van der Waals surface area contributed by atoms with Gasteiger partial charge in [-0.25, -0.2) is 4.39 Å². The first-order valence-corrected chi connectivity index (χ1v) is 4.82. The van der Waals surface area contributed by atoms with Gasteiger partial charge in [0.2, 0.25) is 0 Å². The lowest BCUT2D eigenvalue weighted by molar-refractivity contribution is 0.620. The first kappa shape index (κ1) is 9.47. The summed E-state index contributed by atoms with van der Waals surface area (Å²) < 4.78 is 13.4. The predicted octanol–water partition coefficient (Wildman–Crippen LogP) is 4.25. The minimum absolute atomic E-state index is 0.242. The third kappa shape index (κ3) is 1.38. The molecule has 0 aliphatic rings. The average Bonchev–Trinajstić information content (AvgIpc) is 2.14. The van der Waals surface area contributed by atoms with Crippen LogP contribution < -0.4 is 0 Å². The van der Waals surface area contributed by atoms with Crippen molar-refractivity contribution in [1.29, 1.82) is 0 Å². The van der Waals surface area contributed by atoms with Crippen LogP contribution in [-0.2, 0) is 0 Å². The molecule has 0 aliphatic carbocycles. The largest absolute Gasteiger partial charge is 0.207 e. The Kier molecular flexibility index (Phi) is 2.20. The van der Waals surface area contributed by atoms with Crippen LogP contribution in [0.2, 0.25) is 5.02 Å². The maximum atomic E-state index is 13.4. The molecule has 0 spiro atoms. The second kappa shape index (κ2) is 3.25. The Morgan fingerprint density at radius 2 is 1.86 bits per heavy atom. The third-order valence-electron chi connectivity index (χ3n) is 2.41. The maximum Gasteiger partial charge on any atom is 0.128 e. The molecule has 0 saturated carbocycles. The highest BCUT2D eigenvalue weighted by atomic mass is 35.5. The summed E-state index contributed by atoms with van der Waals surface area (Å²) in [5.41, 5.74) is 1.62. The van der Waals surface area contributed by atoms with E-state index < -0.39 is 0 Å². The van der Waals surface area contributed by atoms with Crippen molar-refractivity contribution in [3.63, 3.8) is 0 Å². The fourth-order valence-corrected chi connectivity index (χ4v) is 1.82. The second-order valence-corrected chi connectivity index (χ2v) is 3.90. The molecule has 2 rings (SSSR count). The number of halogens is 2. The van der Waals surface area contributed by atoms with Gasteiger partial charge in [0.15, 0.2) is 0 Å². The first-order chi connectivity index (χ1) is 6.59. The molecule has 0 atom stereocenters. The minimum Gasteiger partial charge on any atom is -0.207 e. The first-order valence-electron chi connectivity index (χ1n) is 4.44. The van der Waals surface area contributed by atoms with E-state index in [2.05, 4.69) is 0 Å². The summed E-state index contributed by atoms with van der Waals surface area (Å²) in [6.07, 6.45) is 0. The van der Waals surface area contributed by atoms with Gasteiger partial charge in [0.25, 0.3) is 0 Å². The second-order valence-electron chi connectivity index (χ2n) is 3.52. The van der Waals surface area contributed by atoms with Crippen LogP contribution in [-0.4, -0.2) is 0 Å². The Morgan fingerprint density at radius 3 is 2.57 bits per heavy atom. The number of benzene rings is 2. The van der Waals surface area contributed by atoms with E-state index in [0.29, 0.717) is 10.6 Å². The minimum atomic E-state index is -0.242. The summed E-state index contributed by atoms with van der Waals surface area (Å²) >= 11 is 6.04.